The number of hydrogen-bond acceptors (Lipinski definition) is 4. The van der Waals surface area contributed by atoms with Gasteiger partial charge in [-0.05, 0) is 54.1 Å². The predicted octanol–water partition coefficient (Wildman–Crippen LogP) is 6.35. The first-order valence-electron chi connectivity index (χ1n) is 8.88. The zero-order chi connectivity index (χ0) is 21.1. The molecule has 4 aromatic rings. The molecule has 0 unspecified atom stereocenters. The molecule has 1 amide bonds. The summed E-state index contributed by atoms with van der Waals surface area (Å²) in [5, 5.41) is 13.3. The average Bonchev–Trinajstić information content (AvgIpc) is 3.16. The topological polar surface area (TPSA) is 78.9 Å². The maximum atomic E-state index is 12.7. The lowest BCUT2D eigenvalue weighted by Gasteiger charge is -2.08. The number of hydrogen-bond donors (Lipinski definition) is 1. The minimum absolute atomic E-state index is 0.0449. The highest BCUT2D eigenvalue weighted by Gasteiger charge is 2.16. The third-order valence-corrected chi connectivity index (χ3v) is 4.79. The first-order chi connectivity index (χ1) is 14.5. The summed E-state index contributed by atoms with van der Waals surface area (Å²) in [6, 6.07) is 21.0. The van der Waals surface area contributed by atoms with Gasteiger partial charge in [-0.15, -0.1) is 0 Å². The molecular weight excluding hydrogens is 421 g/mol. The second kappa shape index (κ2) is 8.42. The highest BCUT2D eigenvalue weighted by Crippen LogP contribution is 2.31. The van der Waals surface area contributed by atoms with Crippen LogP contribution in [0.3, 0.4) is 0 Å². The predicted molar refractivity (Wildman–Crippen MR) is 118 cm³/mol. The van der Waals surface area contributed by atoms with Crippen molar-refractivity contribution in [1.29, 1.82) is 5.26 Å². The van der Waals surface area contributed by atoms with E-state index in [9.17, 15) is 10.1 Å². The van der Waals surface area contributed by atoms with E-state index in [0.717, 1.165) is 0 Å². The van der Waals surface area contributed by atoms with Crippen LogP contribution < -0.4 is 5.32 Å². The van der Waals surface area contributed by atoms with Crippen molar-refractivity contribution in [3.05, 3.63) is 87.9 Å². The Balaban J connectivity index is 1.65. The second-order valence-corrected chi connectivity index (χ2v) is 7.23. The van der Waals surface area contributed by atoms with Crippen LogP contribution in [-0.4, -0.2) is 10.9 Å². The number of carbonyl (C=O) groups is 1. The fourth-order valence-corrected chi connectivity index (χ4v) is 3.15. The van der Waals surface area contributed by atoms with E-state index in [2.05, 4.69) is 10.3 Å². The van der Waals surface area contributed by atoms with Gasteiger partial charge in [0.15, 0.2) is 5.58 Å². The molecule has 1 aromatic heterocycles. The van der Waals surface area contributed by atoms with Gasteiger partial charge in [0.2, 0.25) is 5.89 Å². The molecule has 7 heteroatoms. The zero-order valence-corrected chi connectivity index (χ0v) is 16.9. The Labute approximate surface area is 182 Å². The maximum Gasteiger partial charge on any atom is 0.266 e. The summed E-state index contributed by atoms with van der Waals surface area (Å²) in [5.74, 6) is -0.206. The number of oxazole rings is 1. The number of halogens is 2. The number of carbonyl (C=O) groups excluding carboxylic acids is 1. The van der Waals surface area contributed by atoms with E-state index in [4.69, 9.17) is 27.6 Å². The molecule has 1 heterocycles. The van der Waals surface area contributed by atoms with Crippen molar-refractivity contribution >= 4 is 52.0 Å². The van der Waals surface area contributed by atoms with Gasteiger partial charge >= 0.3 is 0 Å². The fourth-order valence-electron chi connectivity index (χ4n) is 2.86. The first-order valence-corrected chi connectivity index (χ1v) is 9.63. The van der Waals surface area contributed by atoms with Crippen molar-refractivity contribution in [1.82, 2.24) is 4.98 Å². The number of benzene rings is 3. The van der Waals surface area contributed by atoms with Crippen molar-refractivity contribution in [3.8, 4) is 17.5 Å². The molecule has 0 saturated carbocycles. The van der Waals surface area contributed by atoms with Gasteiger partial charge in [0.05, 0.1) is 11.3 Å². The normalized spacial score (nSPS) is 11.3. The van der Waals surface area contributed by atoms with Crippen molar-refractivity contribution in [3.63, 3.8) is 0 Å². The molecule has 146 valence electrons. The number of para-hydroxylation sites is 1. The van der Waals surface area contributed by atoms with Crippen molar-refractivity contribution in [2.75, 3.05) is 5.32 Å². The first kappa shape index (κ1) is 19.7. The van der Waals surface area contributed by atoms with Crippen molar-refractivity contribution in [2.45, 2.75) is 0 Å². The van der Waals surface area contributed by atoms with Crippen LogP contribution in [0, 0.1) is 11.3 Å². The van der Waals surface area contributed by atoms with Crippen LogP contribution in [0.15, 0.2) is 76.7 Å². The number of aromatic nitrogens is 1. The molecule has 3 aromatic carbocycles. The molecular formula is C23H13Cl2N3O2. The Morgan fingerprint density at radius 2 is 1.77 bits per heavy atom. The lowest BCUT2D eigenvalue weighted by molar-refractivity contribution is -0.112. The Morgan fingerprint density at radius 1 is 1.03 bits per heavy atom. The number of nitrogens with zero attached hydrogens (tertiary/aromatic N) is 2. The lowest BCUT2D eigenvalue weighted by Crippen LogP contribution is -2.14. The van der Waals surface area contributed by atoms with Crippen molar-refractivity contribution < 1.29 is 9.21 Å². The number of nitriles is 1. The van der Waals surface area contributed by atoms with E-state index in [1.165, 1.54) is 6.08 Å². The number of nitrogens with one attached hydrogen (secondary N) is 1. The molecule has 4 rings (SSSR count). The van der Waals surface area contributed by atoms with Gasteiger partial charge in [-0.2, -0.15) is 5.26 Å². The van der Waals surface area contributed by atoms with Crippen LogP contribution in [0.1, 0.15) is 5.56 Å². The number of anilines is 1. The molecule has 0 fully saturated rings. The van der Waals surface area contributed by atoms with Crippen LogP contribution in [0.4, 0.5) is 5.69 Å². The summed E-state index contributed by atoms with van der Waals surface area (Å²) in [6.07, 6.45) is 1.50. The van der Waals surface area contributed by atoms with Gasteiger partial charge in [-0.3, -0.25) is 4.79 Å². The largest absolute Gasteiger partial charge is 0.436 e. The van der Waals surface area contributed by atoms with E-state index >= 15 is 0 Å². The molecule has 0 atom stereocenters. The van der Waals surface area contributed by atoms with Crippen molar-refractivity contribution in [2.24, 2.45) is 0 Å². The van der Waals surface area contributed by atoms with E-state index in [-0.39, 0.29) is 5.57 Å². The van der Waals surface area contributed by atoms with Gasteiger partial charge in [-0.1, -0.05) is 47.5 Å². The smallest absolute Gasteiger partial charge is 0.266 e. The van der Waals surface area contributed by atoms with Gasteiger partial charge < -0.3 is 9.73 Å². The van der Waals surface area contributed by atoms with Crippen LogP contribution in [-0.2, 0) is 4.79 Å². The summed E-state index contributed by atoms with van der Waals surface area (Å²) >= 11 is 11.9. The van der Waals surface area contributed by atoms with Crippen LogP contribution in [0.25, 0.3) is 28.6 Å². The summed E-state index contributed by atoms with van der Waals surface area (Å²) in [5.41, 5.74) is 2.89. The molecule has 0 aliphatic rings. The monoisotopic (exact) mass is 433 g/mol. The van der Waals surface area contributed by atoms with E-state index in [1.807, 2.05) is 12.1 Å². The van der Waals surface area contributed by atoms with Gasteiger partial charge in [0.25, 0.3) is 5.91 Å². The minimum atomic E-state index is -0.543. The Bertz CT molecular complexity index is 1320. The van der Waals surface area contributed by atoms with E-state index in [1.54, 1.807) is 60.7 Å². The number of fused-ring (bicyclic) bond motifs is 1. The van der Waals surface area contributed by atoms with Crippen LogP contribution >= 0.6 is 23.2 Å². The highest BCUT2D eigenvalue weighted by atomic mass is 35.5. The Morgan fingerprint density at radius 3 is 2.53 bits per heavy atom. The lowest BCUT2D eigenvalue weighted by atomic mass is 10.1. The van der Waals surface area contributed by atoms with Gasteiger partial charge in [0.1, 0.15) is 17.2 Å². The standard InChI is InChI=1S/C23H13Cl2N3O2/c24-16-7-5-14(6-8-16)11-15(13-26)22(29)27-19-4-2-1-3-18(19)23-28-20-12-17(25)9-10-21(20)30-23/h1-12H,(H,27,29). The zero-order valence-electron chi connectivity index (χ0n) is 15.4. The Kier molecular flexibility index (Phi) is 5.53. The maximum absolute atomic E-state index is 12.7. The summed E-state index contributed by atoms with van der Waals surface area (Å²) in [4.78, 5) is 17.2. The summed E-state index contributed by atoms with van der Waals surface area (Å²) < 4.78 is 5.81. The fraction of sp³-hybridized carbons (Fsp3) is 0. The SMILES string of the molecule is N#CC(=Cc1ccc(Cl)cc1)C(=O)Nc1ccccc1-c1nc2cc(Cl)ccc2o1. The van der Waals surface area contributed by atoms with E-state index in [0.29, 0.717) is 43.9 Å². The minimum Gasteiger partial charge on any atom is -0.436 e. The Hall–Kier alpha value is -3.59. The molecule has 0 spiro atoms. The van der Waals surface area contributed by atoms with Crippen LogP contribution in [0.2, 0.25) is 10.0 Å². The molecule has 0 aliphatic heterocycles. The molecule has 0 bridgehead atoms. The molecule has 0 aliphatic carbocycles. The summed E-state index contributed by atoms with van der Waals surface area (Å²) in [7, 11) is 0. The number of rotatable bonds is 4. The highest BCUT2D eigenvalue weighted by molar-refractivity contribution is 6.31. The summed E-state index contributed by atoms with van der Waals surface area (Å²) in [6.45, 7) is 0. The quantitative estimate of drug-likeness (QED) is 0.300. The number of amides is 1. The third kappa shape index (κ3) is 4.20. The molecule has 1 N–H and O–H groups in total. The molecule has 30 heavy (non-hydrogen) atoms. The average molecular weight is 434 g/mol. The molecule has 0 radical (unpaired) electrons. The van der Waals surface area contributed by atoms with E-state index < -0.39 is 5.91 Å². The second-order valence-electron chi connectivity index (χ2n) is 6.35. The third-order valence-electron chi connectivity index (χ3n) is 4.30. The van der Waals surface area contributed by atoms with Crippen LogP contribution in [0.5, 0.6) is 0 Å². The van der Waals surface area contributed by atoms with Gasteiger partial charge in [0, 0.05) is 10.0 Å². The molecule has 0 saturated heterocycles. The molecule has 5 nitrogen and oxygen atoms in total. The van der Waals surface area contributed by atoms with Gasteiger partial charge in [-0.25, -0.2) is 4.98 Å².